The van der Waals surface area contributed by atoms with E-state index in [9.17, 15) is 4.79 Å². The van der Waals surface area contributed by atoms with Gasteiger partial charge in [0.15, 0.2) is 17.3 Å². The average molecular weight is 485 g/mol. The van der Waals surface area contributed by atoms with Gasteiger partial charge >= 0.3 is 0 Å². The van der Waals surface area contributed by atoms with Gasteiger partial charge in [-0.25, -0.2) is 0 Å². The number of methoxy groups -OCH3 is 4. The van der Waals surface area contributed by atoms with E-state index in [2.05, 4.69) is 15.9 Å². The molecule has 3 rings (SSSR count). The second-order valence-electron chi connectivity index (χ2n) is 6.83. The van der Waals surface area contributed by atoms with E-state index in [1.165, 1.54) is 0 Å². The van der Waals surface area contributed by atoms with Crippen LogP contribution in [0.1, 0.15) is 27.4 Å². The fourth-order valence-electron chi connectivity index (χ4n) is 3.54. The summed E-state index contributed by atoms with van der Waals surface area (Å²) in [5.41, 5.74) is 2.39. The largest absolute Gasteiger partial charge is 0.497 e. The Morgan fingerprint density at radius 1 is 0.710 bits per heavy atom. The fraction of sp³-hybridized carbons (Fsp3) is 0.240. The summed E-state index contributed by atoms with van der Waals surface area (Å²) >= 11 is 3.69. The molecule has 6 heteroatoms. The molecule has 2 atom stereocenters. The minimum atomic E-state index is -0.546. The summed E-state index contributed by atoms with van der Waals surface area (Å²) in [6, 6.07) is 20.6. The predicted octanol–water partition coefficient (Wildman–Crippen LogP) is 5.50. The zero-order chi connectivity index (χ0) is 22.4. The van der Waals surface area contributed by atoms with Crippen LogP contribution in [0.25, 0.3) is 0 Å². The first-order valence-electron chi connectivity index (χ1n) is 9.71. The molecule has 0 aromatic heterocycles. The number of hydrogen-bond donors (Lipinski definition) is 0. The molecule has 0 amide bonds. The van der Waals surface area contributed by atoms with E-state index in [0.29, 0.717) is 22.8 Å². The molecule has 31 heavy (non-hydrogen) atoms. The zero-order valence-electron chi connectivity index (χ0n) is 17.9. The molecule has 3 aromatic rings. The van der Waals surface area contributed by atoms with Crippen molar-refractivity contribution in [2.75, 3.05) is 28.4 Å². The molecule has 0 bridgehead atoms. The Kier molecular flexibility index (Phi) is 7.58. The maximum atomic E-state index is 13.5. The topological polar surface area (TPSA) is 54.0 Å². The van der Waals surface area contributed by atoms with Crippen molar-refractivity contribution >= 4 is 21.7 Å². The molecule has 0 fully saturated rings. The van der Waals surface area contributed by atoms with E-state index in [1.54, 1.807) is 40.6 Å². The molecule has 0 aliphatic heterocycles. The van der Waals surface area contributed by atoms with E-state index in [4.69, 9.17) is 18.9 Å². The molecule has 0 N–H and O–H groups in total. The normalized spacial score (nSPS) is 12.5. The van der Waals surface area contributed by atoms with Crippen LogP contribution in [0.4, 0.5) is 0 Å². The number of rotatable bonds is 9. The molecule has 162 valence electrons. The van der Waals surface area contributed by atoms with E-state index in [0.717, 1.165) is 16.9 Å². The van der Waals surface area contributed by atoms with Crippen LogP contribution in [0, 0.1) is 0 Å². The van der Waals surface area contributed by atoms with Crippen molar-refractivity contribution < 1.29 is 23.7 Å². The van der Waals surface area contributed by atoms with Gasteiger partial charge in [-0.15, -0.1) is 0 Å². The van der Waals surface area contributed by atoms with Crippen LogP contribution < -0.4 is 18.9 Å². The summed E-state index contributed by atoms with van der Waals surface area (Å²) in [6.07, 6.45) is 0. The maximum absolute atomic E-state index is 13.5. The molecule has 0 aliphatic carbocycles. The molecule has 5 nitrogen and oxygen atoms in total. The summed E-state index contributed by atoms with van der Waals surface area (Å²) in [5, 5.41) is 0. The number of carbonyl (C=O) groups is 1. The van der Waals surface area contributed by atoms with Crippen LogP contribution in [0.15, 0.2) is 66.7 Å². The molecule has 0 spiro atoms. The number of halogens is 1. The Bertz CT molecular complexity index is 1030. The molecule has 3 aromatic carbocycles. The van der Waals surface area contributed by atoms with Gasteiger partial charge in [0.1, 0.15) is 11.5 Å². The van der Waals surface area contributed by atoms with Crippen LogP contribution >= 0.6 is 15.9 Å². The van der Waals surface area contributed by atoms with Crippen molar-refractivity contribution in [3.8, 4) is 23.0 Å². The lowest BCUT2D eigenvalue weighted by Gasteiger charge is -2.24. The highest BCUT2D eigenvalue weighted by molar-refractivity contribution is 9.10. The van der Waals surface area contributed by atoms with E-state index < -0.39 is 4.83 Å². The van der Waals surface area contributed by atoms with Crippen molar-refractivity contribution in [3.05, 3.63) is 83.4 Å². The highest BCUT2D eigenvalue weighted by atomic mass is 79.9. The van der Waals surface area contributed by atoms with Crippen molar-refractivity contribution in [3.63, 3.8) is 0 Å². The van der Waals surface area contributed by atoms with Gasteiger partial charge in [0.2, 0.25) is 0 Å². The van der Waals surface area contributed by atoms with Gasteiger partial charge < -0.3 is 18.9 Å². The predicted molar refractivity (Wildman–Crippen MR) is 124 cm³/mol. The van der Waals surface area contributed by atoms with Gasteiger partial charge in [0.05, 0.1) is 38.8 Å². The molecule has 0 saturated carbocycles. The number of ether oxygens (including phenoxy) is 4. The zero-order valence-corrected chi connectivity index (χ0v) is 19.5. The third-order valence-corrected chi connectivity index (χ3v) is 6.10. The number of benzene rings is 3. The lowest BCUT2D eigenvalue weighted by Crippen LogP contribution is -2.24. The second kappa shape index (κ2) is 10.4. The summed E-state index contributed by atoms with van der Waals surface area (Å²) < 4.78 is 21.6. The number of alkyl halides is 1. The molecule has 0 radical (unpaired) electrons. The highest BCUT2D eigenvalue weighted by Gasteiger charge is 2.31. The smallest absolute Gasteiger partial charge is 0.181 e. The van der Waals surface area contributed by atoms with Gasteiger partial charge in [0.25, 0.3) is 0 Å². The Hall–Kier alpha value is -2.99. The number of Topliss-reactive ketones (excluding diaryl/α,β-unsaturated/α-hetero) is 1. The number of carbonyl (C=O) groups excluding carboxylic acids is 1. The first-order valence-corrected chi connectivity index (χ1v) is 10.6. The number of para-hydroxylation sites is 1. The van der Waals surface area contributed by atoms with Crippen LogP contribution in [0.2, 0.25) is 0 Å². The summed E-state index contributed by atoms with van der Waals surface area (Å²) in [5.74, 6) is 2.15. The van der Waals surface area contributed by atoms with Crippen molar-refractivity contribution in [1.82, 2.24) is 0 Å². The Balaban J connectivity index is 2.10. The second-order valence-corrected chi connectivity index (χ2v) is 7.82. The van der Waals surface area contributed by atoms with Gasteiger partial charge in [-0.1, -0.05) is 46.3 Å². The van der Waals surface area contributed by atoms with Crippen LogP contribution in [0.5, 0.6) is 23.0 Å². The molecule has 0 aliphatic rings. The summed E-state index contributed by atoms with van der Waals surface area (Å²) in [7, 11) is 6.37. The Labute approximate surface area is 191 Å². The van der Waals surface area contributed by atoms with Crippen LogP contribution in [0.3, 0.4) is 0 Å². The van der Waals surface area contributed by atoms with E-state index >= 15 is 0 Å². The standard InChI is InChI=1S/C25H25BrO5/c1-28-18-12-9-16(10-13-18)23(17-11-14-21(30-3)22(15-17)31-4)24(26)25(27)19-7-5-6-8-20(19)29-2/h5-15,23-24H,1-4H3/t23-,24+/m1/s1. The third-order valence-electron chi connectivity index (χ3n) is 5.16. The third kappa shape index (κ3) is 4.85. The Morgan fingerprint density at radius 2 is 1.32 bits per heavy atom. The van der Waals surface area contributed by atoms with E-state index in [-0.39, 0.29) is 11.7 Å². The van der Waals surface area contributed by atoms with Crippen LogP contribution in [-0.4, -0.2) is 39.0 Å². The van der Waals surface area contributed by atoms with Gasteiger partial charge in [0, 0.05) is 5.92 Å². The summed E-state index contributed by atoms with van der Waals surface area (Å²) in [6.45, 7) is 0. The van der Waals surface area contributed by atoms with Crippen molar-refractivity contribution in [1.29, 1.82) is 0 Å². The van der Waals surface area contributed by atoms with Crippen molar-refractivity contribution in [2.45, 2.75) is 10.7 Å². The minimum Gasteiger partial charge on any atom is -0.497 e. The van der Waals surface area contributed by atoms with E-state index in [1.807, 2.05) is 54.6 Å². The number of hydrogen-bond acceptors (Lipinski definition) is 5. The molecule has 0 heterocycles. The quantitative estimate of drug-likeness (QED) is 0.296. The highest BCUT2D eigenvalue weighted by Crippen LogP contribution is 2.39. The molecule has 0 saturated heterocycles. The lowest BCUT2D eigenvalue weighted by atomic mass is 9.85. The monoisotopic (exact) mass is 484 g/mol. The molecule has 0 unspecified atom stereocenters. The summed E-state index contributed by atoms with van der Waals surface area (Å²) in [4.78, 5) is 13.0. The average Bonchev–Trinajstić information content (AvgIpc) is 2.83. The number of ketones is 1. The van der Waals surface area contributed by atoms with Gasteiger partial charge in [-0.05, 0) is 47.5 Å². The van der Waals surface area contributed by atoms with Gasteiger partial charge in [-0.2, -0.15) is 0 Å². The van der Waals surface area contributed by atoms with Crippen molar-refractivity contribution in [2.24, 2.45) is 0 Å². The Morgan fingerprint density at radius 3 is 1.94 bits per heavy atom. The molecular formula is C25H25BrO5. The molecular weight excluding hydrogens is 460 g/mol. The van der Waals surface area contributed by atoms with Crippen LogP contribution in [-0.2, 0) is 0 Å². The first-order chi connectivity index (χ1) is 15.0. The maximum Gasteiger partial charge on any atom is 0.181 e. The minimum absolute atomic E-state index is 0.0759. The van der Waals surface area contributed by atoms with Gasteiger partial charge in [-0.3, -0.25) is 4.79 Å². The SMILES string of the molecule is COc1ccc([C@H](c2ccc(OC)c(OC)c2)[C@H](Br)C(=O)c2ccccc2OC)cc1. The first kappa shape index (κ1) is 22.7. The fourth-order valence-corrected chi connectivity index (χ4v) is 4.39. The lowest BCUT2D eigenvalue weighted by molar-refractivity contribution is 0.0983.